The summed E-state index contributed by atoms with van der Waals surface area (Å²) < 4.78 is 29.5. The zero-order chi connectivity index (χ0) is 22.1. The minimum absolute atomic E-state index is 0.0428. The van der Waals surface area contributed by atoms with E-state index in [1.807, 2.05) is 6.92 Å². The second-order valence-electron chi connectivity index (χ2n) is 12.6. The molecule has 0 spiro atoms. The molecule has 0 aromatic heterocycles. The van der Waals surface area contributed by atoms with Gasteiger partial charge in [-0.1, -0.05) is 27.7 Å². The first-order valence-corrected chi connectivity index (χ1v) is 12.4. The van der Waals surface area contributed by atoms with Crippen LogP contribution in [-0.2, 0) is 4.79 Å². The second-order valence-corrected chi connectivity index (χ2v) is 12.6. The Labute approximate surface area is 181 Å². The van der Waals surface area contributed by atoms with Gasteiger partial charge in [0.15, 0.2) is 0 Å². The van der Waals surface area contributed by atoms with Crippen molar-refractivity contribution >= 4 is 5.78 Å². The molecule has 8 atom stereocenters. The van der Waals surface area contributed by atoms with Crippen molar-refractivity contribution in [1.29, 1.82) is 0 Å². The maximum absolute atomic E-state index is 14.8. The smallest absolute Gasteiger partial charge is 0.305 e. The summed E-state index contributed by atoms with van der Waals surface area (Å²) in [5.41, 5.74) is -0.277. The topological polar surface area (TPSA) is 37.3 Å². The Hall–Kier alpha value is -0.510. The molecule has 0 aromatic carbocycles. The highest BCUT2D eigenvalue weighted by atomic mass is 19.3. The van der Waals surface area contributed by atoms with E-state index in [0.29, 0.717) is 29.1 Å². The van der Waals surface area contributed by atoms with E-state index in [9.17, 15) is 18.7 Å². The van der Waals surface area contributed by atoms with Crippen molar-refractivity contribution in [2.45, 2.75) is 110 Å². The van der Waals surface area contributed by atoms with Crippen LogP contribution < -0.4 is 0 Å². The van der Waals surface area contributed by atoms with Gasteiger partial charge in [0.1, 0.15) is 0 Å². The van der Waals surface area contributed by atoms with Crippen molar-refractivity contribution in [3.63, 3.8) is 0 Å². The van der Waals surface area contributed by atoms with Gasteiger partial charge in [-0.05, 0) is 105 Å². The molecule has 1 N–H and O–H groups in total. The molecule has 172 valence electrons. The monoisotopic (exact) mass is 424 g/mol. The molecule has 4 aliphatic rings. The third-order valence-electron chi connectivity index (χ3n) is 10.5. The van der Waals surface area contributed by atoms with Crippen molar-refractivity contribution < 1.29 is 18.7 Å². The molecule has 0 saturated heterocycles. The van der Waals surface area contributed by atoms with E-state index < -0.39 is 23.2 Å². The third kappa shape index (κ3) is 3.48. The number of carbonyl (C=O) groups is 1. The van der Waals surface area contributed by atoms with Crippen LogP contribution in [0.5, 0.6) is 0 Å². The van der Waals surface area contributed by atoms with Gasteiger partial charge in [-0.25, -0.2) is 0 Å². The number of rotatable bonds is 4. The molecule has 4 heteroatoms. The summed E-state index contributed by atoms with van der Waals surface area (Å²) in [6.07, 6.45) is 9.06. The molecule has 30 heavy (non-hydrogen) atoms. The lowest BCUT2D eigenvalue weighted by Crippen LogP contribution is -2.55. The highest BCUT2D eigenvalue weighted by molar-refractivity contribution is 5.87. The van der Waals surface area contributed by atoms with E-state index in [4.69, 9.17) is 0 Å². The Morgan fingerprint density at radius 3 is 2.30 bits per heavy atom. The molecule has 4 saturated carbocycles. The lowest BCUT2D eigenvalue weighted by Gasteiger charge is -2.62. The van der Waals surface area contributed by atoms with Crippen LogP contribution in [0.15, 0.2) is 0 Å². The van der Waals surface area contributed by atoms with Crippen LogP contribution in [0, 0.1) is 46.3 Å². The molecular formula is C26H42F2O2. The van der Waals surface area contributed by atoms with Gasteiger partial charge in [0.25, 0.3) is 0 Å². The number of fused-ring (bicyclic) bond motifs is 5. The molecule has 4 fully saturated rings. The number of alkyl halides is 2. The molecule has 4 aliphatic carbocycles. The average molecular weight is 425 g/mol. The number of Topliss-reactive ketones (excluding diaryl/α,β-unsaturated/α-hetero) is 1. The summed E-state index contributed by atoms with van der Waals surface area (Å²) in [6, 6.07) is 0. The number of ketones is 1. The predicted molar refractivity (Wildman–Crippen MR) is 115 cm³/mol. The van der Waals surface area contributed by atoms with Crippen molar-refractivity contribution in [3.05, 3.63) is 0 Å². The maximum Gasteiger partial charge on any atom is 0.305 e. The number of aliphatic hydroxyl groups is 1. The van der Waals surface area contributed by atoms with Gasteiger partial charge >= 0.3 is 5.92 Å². The number of hydrogen-bond donors (Lipinski definition) is 1. The molecule has 0 bridgehead atoms. The zero-order valence-electron chi connectivity index (χ0n) is 19.6. The molecule has 0 radical (unpaired) electrons. The SMILES string of the molecule is CC(C)C(=O)C(F)(F)CC1CCC2C3CCC4CC(C)(O)CCC4(C)C3CCC12C. The normalized spacial score (nSPS) is 48.8. The van der Waals surface area contributed by atoms with Gasteiger partial charge in [-0.15, -0.1) is 0 Å². The van der Waals surface area contributed by atoms with E-state index in [0.717, 1.165) is 44.9 Å². The van der Waals surface area contributed by atoms with Crippen LogP contribution in [0.3, 0.4) is 0 Å². The maximum atomic E-state index is 14.8. The van der Waals surface area contributed by atoms with E-state index in [-0.39, 0.29) is 17.8 Å². The lowest BCUT2D eigenvalue weighted by molar-refractivity contribution is -0.158. The van der Waals surface area contributed by atoms with E-state index in [2.05, 4.69) is 13.8 Å². The minimum Gasteiger partial charge on any atom is -0.390 e. The summed E-state index contributed by atoms with van der Waals surface area (Å²) in [5.74, 6) is -2.31. The fraction of sp³-hybridized carbons (Fsp3) is 0.962. The van der Waals surface area contributed by atoms with Gasteiger partial charge in [-0.2, -0.15) is 8.78 Å². The van der Waals surface area contributed by atoms with Gasteiger partial charge < -0.3 is 5.11 Å². The van der Waals surface area contributed by atoms with E-state index in [1.54, 1.807) is 13.8 Å². The Morgan fingerprint density at radius 2 is 1.63 bits per heavy atom. The number of carbonyl (C=O) groups excluding carboxylic acids is 1. The molecule has 2 nitrogen and oxygen atoms in total. The van der Waals surface area contributed by atoms with E-state index in [1.165, 1.54) is 12.8 Å². The van der Waals surface area contributed by atoms with Crippen LogP contribution in [0.25, 0.3) is 0 Å². The molecule has 0 heterocycles. The summed E-state index contributed by atoms with van der Waals surface area (Å²) >= 11 is 0. The van der Waals surface area contributed by atoms with Crippen molar-refractivity contribution in [2.24, 2.45) is 46.3 Å². The first-order valence-electron chi connectivity index (χ1n) is 12.4. The Balaban J connectivity index is 1.52. The fourth-order valence-electron chi connectivity index (χ4n) is 8.71. The van der Waals surface area contributed by atoms with Crippen LogP contribution in [0.4, 0.5) is 8.78 Å². The molecule has 0 aliphatic heterocycles. The van der Waals surface area contributed by atoms with E-state index >= 15 is 0 Å². The number of hydrogen-bond acceptors (Lipinski definition) is 2. The minimum atomic E-state index is -3.19. The van der Waals surface area contributed by atoms with Crippen molar-refractivity contribution in [1.82, 2.24) is 0 Å². The first-order chi connectivity index (χ1) is 13.8. The first kappa shape index (κ1) is 22.7. The molecule has 0 aromatic rings. The fourth-order valence-corrected chi connectivity index (χ4v) is 8.71. The van der Waals surface area contributed by atoms with Crippen LogP contribution in [-0.4, -0.2) is 22.4 Å². The summed E-state index contributed by atoms with van der Waals surface area (Å²) in [4.78, 5) is 12.1. The quantitative estimate of drug-likeness (QED) is 0.549. The summed E-state index contributed by atoms with van der Waals surface area (Å²) in [6.45, 7) is 9.90. The van der Waals surface area contributed by atoms with Crippen LogP contribution >= 0.6 is 0 Å². The highest BCUT2D eigenvalue weighted by Gasteiger charge is 2.62. The van der Waals surface area contributed by atoms with Crippen LogP contribution in [0.1, 0.15) is 98.8 Å². The van der Waals surface area contributed by atoms with Crippen molar-refractivity contribution in [3.8, 4) is 0 Å². The highest BCUT2D eigenvalue weighted by Crippen LogP contribution is 2.68. The third-order valence-corrected chi connectivity index (χ3v) is 10.5. The van der Waals surface area contributed by atoms with Crippen LogP contribution in [0.2, 0.25) is 0 Å². The summed E-state index contributed by atoms with van der Waals surface area (Å²) in [7, 11) is 0. The van der Waals surface area contributed by atoms with Gasteiger partial charge in [-0.3, -0.25) is 4.79 Å². The Kier molecular flexibility index (Phi) is 5.48. The molecule has 0 amide bonds. The predicted octanol–water partition coefficient (Wildman–Crippen LogP) is 6.65. The van der Waals surface area contributed by atoms with Crippen molar-refractivity contribution in [2.75, 3.05) is 0 Å². The van der Waals surface area contributed by atoms with Gasteiger partial charge in [0, 0.05) is 12.3 Å². The van der Waals surface area contributed by atoms with Gasteiger partial charge in [0.05, 0.1) is 5.60 Å². The Morgan fingerprint density at radius 1 is 0.967 bits per heavy atom. The van der Waals surface area contributed by atoms with Gasteiger partial charge in [0.2, 0.25) is 5.78 Å². The molecular weight excluding hydrogens is 382 g/mol. The Bertz CT molecular complexity index is 687. The summed E-state index contributed by atoms with van der Waals surface area (Å²) in [5, 5.41) is 10.6. The molecule has 4 rings (SSSR count). The lowest BCUT2D eigenvalue weighted by atomic mass is 9.44. The number of halogens is 2. The largest absolute Gasteiger partial charge is 0.390 e. The average Bonchev–Trinajstić information content (AvgIpc) is 2.97. The standard InChI is InChI=1S/C26H42F2O2/c1-16(2)22(29)26(27,28)15-18-7-9-20-19-8-6-17-14-23(3,30)12-13-25(17,5)21(19)10-11-24(18,20)4/h16-21,30H,6-15H2,1-5H3. The second kappa shape index (κ2) is 7.25. The molecule has 8 unspecified atom stereocenters. The zero-order valence-corrected chi connectivity index (χ0v) is 19.6.